The Bertz CT molecular complexity index is 807. The number of fused-ring (bicyclic) bond motifs is 1. The van der Waals surface area contributed by atoms with Gasteiger partial charge in [0, 0.05) is 19.6 Å². The summed E-state index contributed by atoms with van der Waals surface area (Å²) in [6, 6.07) is 6.27. The van der Waals surface area contributed by atoms with Crippen molar-refractivity contribution in [3.05, 3.63) is 29.6 Å². The van der Waals surface area contributed by atoms with Gasteiger partial charge in [0.1, 0.15) is 5.82 Å². The van der Waals surface area contributed by atoms with Gasteiger partial charge in [-0.15, -0.1) is 0 Å². The Morgan fingerprint density at radius 3 is 2.81 bits per heavy atom. The van der Waals surface area contributed by atoms with Crippen molar-refractivity contribution in [2.45, 2.75) is 45.2 Å². The number of aryl methyl sites for hydroxylation is 1. The molecule has 1 N–H and O–H groups in total. The number of carbonyl (C=O) groups excluding carboxylic acids is 1. The first kappa shape index (κ1) is 17.5. The quantitative estimate of drug-likeness (QED) is 0.918. The molecule has 140 valence electrons. The molecule has 26 heavy (non-hydrogen) atoms. The zero-order chi connectivity index (χ0) is 18.3. The molecule has 0 spiro atoms. The van der Waals surface area contributed by atoms with Gasteiger partial charge in [-0.1, -0.05) is 6.07 Å². The number of ether oxygens (including phenoxy) is 1. The predicted molar refractivity (Wildman–Crippen MR) is 101 cm³/mol. The molecule has 1 amide bonds. The van der Waals surface area contributed by atoms with Crippen molar-refractivity contribution < 1.29 is 9.53 Å². The lowest BCUT2D eigenvalue weighted by Crippen LogP contribution is -2.58. The van der Waals surface area contributed by atoms with E-state index in [4.69, 9.17) is 9.72 Å². The summed E-state index contributed by atoms with van der Waals surface area (Å²) < 4.78 is 5.45. The largest absolute Gasteiger partial charge is 0.379 e. The fourth-order valence-corrected chi connectivity index (χ4v) is 4.20. The number of likely N-dealkylation sites (tertiary alicyclic amines) is 1. The molecular weight excluding hydrogens is 328 g/mol. The fourth-order valence-electron chi connectivity index (χ4n) is 4.20. The highest BCUT2D eigenvalue weighted by molar-refractivity contribution is 5.86. The first-order valence-electron chi connectivity index (χ1n) is 9.57. The predicted octanol–water partition coefficient (Wildman–Crippen LogP) is 2.65. The summed E-state index contributed by atoms with van der Waals surface area (Å²) in [6.07, 6.45) is 1.98. The monoisotopic (exact) mass is 356 g/mol. The van der Waals surface area contributed by atoms with E-state index in [1.54, 1.807) is 0 Å². The van der Waals surface area contributed by atoms with Crippen LogP contribution in [-0.2, 0) is 9.53 Å². The van der Waals surface area contributed by atoms with Crippen molar-refractivity contribution in [2.24, 2.45) is 0 Å². The smallest absolute Gasteiger partial charge is 0.243 e. The van der Waals surface area contributed by atoms with Gasteiger partial charge in [0.25, 0.3) is 0 Å². The van der Waals surface area contributed by atoms with E-state index in [1.165, 1.54) is 5.56 Å². The highest BCUT2D eigenvalue weighted by Crippen LogP contribution is 2.34. The molecule has 2 aliphatic heterocycles. The van der Waals surface area contributed by atoms with Gasteiger partial charge in [-0.05, 0) is 51.3 Å². The number of morpholine rings is 1. The van der Waals surface area contributed by atoms with Crippen LogP contribution in [0.1, 0.15) is 44.1 Å². The molecular formula is C20H28N4O2. The molecule has 0 saturated carbocycles. The molecule has 0 radical (unpaired) electrons. The summed E-state index contributed by atoms with van der Waals surface area (Å²) in [5.74, 6) is 1.10. The van der Waals surface area contributed by atoms with Gasteiger partial charge in [-0.3, -0.25) is 9.69 Å². The van der Waals surface area contributed by atoms with Gasteiger partial charge in [-0.2, -0.15) is 0 Å². The van der Waals surface area contributed by atoms with E-state index in [-0.39, 0.29) is 11.9 Å². The zero-order valence-electron chi connectivity index (χ0n) is 15.9. The number of rotatable bonds is 3. The van der Waals surface area contributed by atoms with Gasteiger partial charge in [0.2, 0.25) is 5.91 Å². The molecule has 2 aromatic rings. The zero-order valence-corrected chi connectivity index (χ0v) is 15.9. The summed E-state index contributed by atoms with van der Waals surface area (Å²) in [5, 5.41) is 0. The lowest BCUT2D eigenvalue weighted by atomic mass is 9.99. The molecule has 0 bridgehead atoms. The molecule has 4 rings (SSSR count). The number of hydrogen-bond acceptors (Lipinski definition) is 4. The van der Waals surface area contributed by atoms with Gasteiger partial charge >= 0.3 is 0 Å². The molecule has 6 nitrogen and oxygen atoms in total. The molecule has 0 aliphatic carbocycles. The maximum atomic E-state index is 13.4. The minimum atomic E-state index is -0.519. The second kappa shape index (κ2) is 6.67. The standard InChI is InChI=1S/C20H28N4O2/c1-14-6-7-15-16(13-14)22-18(21-15)17-5-4-8-24(17)19(25)20(2,3)23-9-11-26-12-10-23/h6-7,13,17H,4-5,8-12H2,1-3H3,(H,21,22)/t17-/m0/s1. The Balaban J connectivity index is 1.59. The summed E-state index contributed by atoms with van der Waals surface area (Å²) in [6.45, 7) is 9.97. The summed E-state index contributed by atoms with van der Waals surface area (Å²) in [4.78, 5) is 25.9. The maximum absolute atomic E-state index is 13.4. The van der Waals surface area contributed by atoms with E-state index < -0.39 is 5.54 Å². The average molecular weight is 356 g/mol. The van der Waals surface area contributed by atoms with Crippen LogP contribution in [0.25, 0.3) is 11.0 Å². The van der Waals surface area contributed by atoms with Crippen molar-refractivity contribution >= 4 is 16.9 Å². The molecule has 0 unspecified atom stereocenters. The minimum absolute atomic E-state index is 0.0375. The number of imidazole rings is 1. The van der Waals surface area contributed by atoms with Crippen molar-refractivity contribution in [2.75, 3.05) is 32.8 Å². The second-order valence-corrected chi connectivity index (χ2v) is 7.96. The lowest BCUT2D eigenvalue weighted by molar-refractivity contribution is -0.146. The van der Waals surface area contributed by atoms with Crippen LogP contribution >= 0.6 is 0 Å². The highest BCUT2D eigenvalue weighted by Gasteiger charge is 2.43. The van der Waals surface area contributed by atoms with Gasteiger partial charge < -0.3 is 14.6 Å². The third-order valence-corrected chi connectivity index (χ3v) is 5.81. The molecule has 2 fully saturated rings. The highest BCUT2D eigenvalue weighted by atomic mass is 16.5. The van der Waals surface area contributed by atoms with Crippen molar-refractivity contribution in [1.82, 2.24) is 19.8 Å². The molecule has 2 saturated heterocycles. The fraction of sp³-hybridized carbons (Fsp3) is 0.600. The number of amides is 1. The van der Waals surface area contributed by atoms with E-state index in [9.17, 15) is 4.79 Å². The number of nitrogens with one attached hydrogen (secondary N) is 1. The van der Waals surface area contributed by atoms with Gasteiger partial charge in [0.05, 0.1) is 35.8 Å². The van der Waals surface area contributed by atoms with Crippen molar-refractivity contribution in [3.63, 3.8) is 0 Å². The number of aromatic amines is 1. The summed E-state index contributed by atoms with van der Waals surface area (Å²) >= 11 is 0. The Hall–Kier alpha value is -1.92. The molecule has 6 heteroatoms. The van der Waals surface area contributed by atoms with Gasteiger partial charge in [-0.25, -0.2) is 4.98 Å². The van der Waals surface area contributed by atoms with Crippen LogP contribution in [0.4, 0.5) is 0 Å². The number of hydrogen-bond donors (Lipinski definition) is 1. The van der Waals surface area contributed by atoms with Crippen molar-refractivity contribution in [1.29, 1.82) is 0 Å². The van der Waals surface area contributed by atoms with Crippen LogP contribution in [0.5, 0.6) is 0 Å². The number of benzene rings is 1. The van der Waals surface area contributed by atoms with E-state index in [2.05, 4.69) is 28.9 Å². The number of aromatic nitrogens is 2. The normalized spacial score (nSPS) is 22.3. The maximum Gasteiger partial charge on any atom is 0.243 e. The summed E-state index contributed by atoms with van der Waals surface area (Å²) in [7, 11) is 0. The molecule has 3 heterocycles. The Kier molecular flexibility index (Phi) is 4.49. The topological polar surface area (TPSA) is 61.5 Å². The minimum Gasteiger partial charge on any atom is -0.379 e. The Morgan fingerprint density at radius 1 is 1.27 bits per heavy atom. The lowest BCUT2D eigenvalue weighted by Gasteiger charge is -2.42. The number of carbonyl (C=O) groups is 1. The SMILES string of the molecule is Cc1ccc2nc([C@@H]3CCCN3C(=O)C(C)(C)N3CCOCC3)[nH]c2c1. The third-order valence-electron chi connectivity index (χ3n) is 5.81. The Labute approximate surface area is 154 Å². The molecule has 2 aliphatic rings. The summed E-state index contributed by atoms with van der Waals surface area (Å²) in [5.41, 5.74) is 2.71. The van der Waals surface area contributed by atoms with Crippen molar-refractivity contribution in [3.8, 4) is 0 Å². The van der Waals surface area contributed by atoms with Crippen LogP contribution in [0.15, 0.2) is 18.2 Å². The number of nitrogens with zero attached hydrogens (tertiary/aromatic N) is 3. The average Bonchev–Trinajstić information content (AvgIpc) is 3.27. The molecule has 1 aromatic carbocycles. The third kappa shape index (κ3) is 3.01. The van der Waals surface area contributed by atoms with Crippen LogP contribution in [-0.4, -0.2) is 64.1 Å². The molecule has 1 aromatic heterocycles. The molecule has 1 atom stereocenters. The van der Waals surface area contributed by atoms with Crippen LogP contribution < -0.4 is 0 Å². The van der Waals surface area contributed by atoms with E-state index >= 15 is 0 Å². The van der Waals surface area contributed by atoms with E-state index in [0.29, 0.717) is 13.2 Å². The Morgan fingerprint density at radius 2 is 2.04 bits per heavy atom. The number of H-pyrrole nitrogens is 1. The first-order valence-corrected chi connectivity index (χ1v) is 9.57. The van der Waals surface area contributed by atoms with E-state index in [1.807, 2.05) is 24.8 Å². The van der Waals surface area contributed by atoms with Crippen LogP contribution in [0.2, 0.25) is 0 Å². The van der Waals surface area contributed by atoms with Gasteiger partial charge in [0.15, 0.2) is 0 Å². The second-order valence-electron chi connectivity index (χ2n) is 7.96. The van der Waals surface area contributed by atoms with Crippen LogP contribution in [0.3, 0.4) is 0 Å². The van der Waals surface area contributed by atoms with Crippen LogP contribution in [0, 0.1) is 6.92 Å². The van der Waals surface area contributed by atoms with E-state index in [0.717, 1.165) is 49.3 Å². The first-order chi connectivity index (χ1) is 12.5.